The molecule has 132 valence electrons. The van der Waals surface area contributed by atoms with E-state index in [-0.39, 0.29) is 5.91 Å². The van der Waals surface area contributed by atoms with Crippen molar-refractivity contribution in [2.45, 2.75) is 13.5 Å². The maximum atomic E-state index is 12.5. The van der Waals surface area contributed by atoms with Crippen LogP contribution >= 0.6 is 0 Å². The Morgan fingerprint density at radius 2 is 1.93 bits per heavy atom. The molecule has 1 N–H and O–H groups in total. The zero-order valence-corrected chi connectivity index (χ0v) is 14.9. The van der Waals surface area contributed by atoms with Crippen molar-refractivity contribution in [2.75, 3.05) is 0 Å². The first-order chi connectivity index (χ1) is 13.2. The number of carbonyl (C=O) groups excluding carboxylic acids is 1. The molecule has 0 aliphatic heterocycles. The van der Waals surface area contributed by atoms with E-state index in [1.807, 2.05) is 49.4 Å². The molecule has 0 saturated heterocycles. The Hall–Kier alpha value is -3.60. The van der Waals surface area contributed by atoms with Crippen LogP contribution in [0, 0.1) is 6.92 Å². The van der Waals surface area contributed by atoms with Gasteiger partial charge in [-0.1, -0.05) is 6.07 Å². The largest absolute Gasteiger partial charge is 0.348 e. The highest BCUT2D eigenvalue weighted by atomic mass is 16.1. The lowest BCUT2D eigenvalue weighted by Gasteiger charge is -2.08. The molecule has 0 radical (unpaired) electrons. The van der Waals surface area contributed by atoms with Crippen LogP contribution in [-0.4, -0.2) is 20.9 Å². The van der Waals surface area contributed by atoms with Crippen LogP contribution in [0.4, 0.5) is 0 Å². The fourth-order valence-corrected chi connectivity index (χ4v) is 2.92. The maximum Gasteiger partial charge on any atom is 0.251 e. The average Bonchev–Trinajstić information content (AvgIpc) is 2.73. The zero-order chi connectivity index (χ0) is 18.6. The van der Waals surface area contributed by atoms with Gasteiger partial charge in [-0.05, 0) is 60.5 Å². The number of aryl methyl sites for hydroxylation is 1. The van der Waals surface area contributed by atoms with Crippen LogP contribution < -0.4 is 5.32 Å². The fourth-order valence-electron chi connectivity index (χ4n) is 2.92. The van der Waals surface area contributed by atoms with Crippen LogP contribution in [0.1, 0.15) is 21.5 Å². The molecule has 3 aromatic heterocycles. The third kappa shape index (κ3) is 3.67. The summed E-state index contributed by atoms with van der Waals surface area (Å²) >= 11 is 0. The molecule has 0 spiro atoms. The Morgan fingerprint density at radius 3 is 2.70 bits per heavy atom. The molecular weight excluding hydrogens is 336 g/mol. The van der Waals surface area contributed by atoms with Crippen LogP contribution in [0.5, 0.6) is 0 Å². The molecule has 0 bridgehead atoms. The molecule has 27 heavy (non-hydrogen) atoms. The Labute approximate surface area is 157 Å². The maximum absolute atomic E-state index is 12.5. The lowest BCUT2D eigenvalue weighted by Crippen LogP contribution is -2.22. The molecule has 3 heterocycles. The van der Waals surface area contributed by atoms with Gasteiger partial charge < -0.3 is 5.32 Å². The topological polar surface area (TPSA) is 67.8 Å². The van der Waals surface area contributed by atoms with Crippen LogP contribution in [-0.2, 0) is 6.54 Å². The number of nitrogens with zero attached hydrogens (tertiary/aromatic N) is 3. The number of benzene rings is 1. The first-order valence-electron chi connectivity index (χ1n) is 8.69. The van der Waals surface area contributed by atoms with Crippen LogP contribution in [0.25, 0.3) is 22.2 Å². The van der Waals surface area contributed by atoms with Crippen molar-refractivity contribution in [3.8, 4) is 11.3 Å². The van der Waals surface area contributed by atoms with E-state index in [4.69, 9.17) is 0 Å². The summed E-state index contributed by atoms with van der Waals surface area (Å²) in [5.41, 5.74) is 5.38. The molecule has 4 aromatic rings. The van der Waals surface area contributed by atoms with E-state index in [0.717, 1.165) is 33.3 Å². The number of amides is 1. The summed E-state index contributed by atoms with van der Waals surface area (Å²) in [6.45, 7) is 2.43. The van der Waals surface area contributed by atoms with Crippen molar-refractivity contribution in [2.24, 2.45) is 0 Å². The molecule has 1 aromatic carbocycles. The first-order valence-corrected chi connectivity index (χ1v) is 8.69. The summed E-state index contributed by atoms with van der Waals surface area (Å²) in [4.78, 5) is 25.4. The Balaban J connectivity index is 1.45. The van der Waals surface area contributed by atoms with Gasteiger partial charge in [0.05, 0.1) is 11.2 Å². The van der Waals surface area contributed by atoms with E-state index in [9.17, 15) is 4.79 Å². The fraction of sp³-hybridized carbons (Fsp3) is 0.0909. The van der Waals surface area contributed by atoms with Gasteiger partial charge in [-0.25, -0.2) is 0 Å². The Bertz CT molecular complexity index is 1090. The third-order valence-electron chi connectivity index (χ3n) is 4.46. The van der Waals surface area contributed by atoms with Gasteiger partial charge in [-0.2, -0.15) is 0 Å². The Morgan fingerprint density at radius 1 is 1.00 bits per heavy atom. The van der Waals surface area contributed by atoms with Gasteiger partial charge in [0.15, 0.2) is 0 Å². The predicted octanol–water partition coefficient (Wildman–Crippen LogP) is 3.93. The van der Waals surface area contributed by atoms with Gasteiger partial charge in [0.1, 0.15) is 0 Å². The highest BCUT2D eigenvalue weighted by Gasteiger charge is 2.08. The second kappa shape index (κ2) is 7.33. The van der Waals surface area contributed by atoms with Crippen LogP contribution in [0.3, 0.4) is 0 Å². The van der Waals surface area contributed by atoms with Gasteiger partial charge in [-0.15, -0.1) is 0 Å². The molecule has 5 nitrogen and oxygen atoms in total. The summed E-state index contributed by atoms with van der Waals surface area (Å²) in [6, 6.07) is 15.2. The van der Waals surface area contributed by atoms with Crippen molar-refractivity contribution < 1.29 is 4.79 Å². The summed E-state index contributed by atoms with van der Waals surface area (Å²) in [7, 11) is 0. The van der Waals surface area contributed by atoms with Crippen molar-refractivity contribution in [3.63, 3.8) is 0 Å². The van der Waals surface area contributed by atoms with E-state index >= 15 is 0 Å². The molecule has 0 fully saturated rings. The minimum Gasteiger partial charge on any atom is -0.348 e. The first kappa shape index (κ1) is 16.8. The lowest BCUT2D eigenvalue weighted by atomic mass is 10.1. The highest BCUT2D eigenvalue weighted by Crippen LogP contribution is 2.18. The molecule has 0 atom stereocenters. The Kier molecular flexibility index (Phi) is 4.58. The van der Waals surface area contributed by atoms with Gasteiger partial charge in [0.2, 0.25) is 0 Å². The minimum atomic E-state index is -0.114. The smallest absolute Gasteiger partial charge is 0.251 e. The molecule has 0 saturated carbocycles. The summed E-state index contributed by atoms with van der Waals surface area (Å²) in [6.07, 6.45) is 7.06. The van der Waals surface area contributed by atoms with E-state index in [1.165, 1.54) is 0 Å². The average molecular weight is 354 g/mol. The number of nitrogens with one attached hydrogen (secondary N) is 1. The third-order valence-corrected chi connectivity index (χ3v) is 4.46. The SMILES string of the molecule is Cc1ccnc2ccc(C(=O)NCc3ccc(-c4cccnc4)nc3)cc12. The lowest BCUT2D eigenvalue weighted by molar-refractivity contribution is 0.0951. The molecule has 4 rings (SSSR count). The second-order valence-electron chi connectivity index (χ2n) is 6.34. The minimum absolute atomic E-state index is 0.114. The molecular formula is C22H18N4O. The number of carbonyl (C=O) groups is 1. The van der Waals surface area contributed by atoms with E-state index in [1.54, 1.807) is 30.9 Å². The van der Waals surface area contributed by atoms with Gasteiger partial charge in [0, 0.05) is 47.8 Å². The normalized spacial score (nSPS) is 10.7. The molecule has 1 amide bonds. The number of aromatic nitrogens is 3. The summed E-state index contributed by atoms with van der Waals surface area (Å²) < 4.78 is 0. The van der Waals surface area contributed by atoms with Crippen LogP contribution in [0.15, 0.2) is 73.3 Å². The van der Waals surface area contributed by atoms with Crippen molar-refractivity contribution >= 4 is 16.8 Å². The molecule has 0 unspecified atom stereocenters. The van der Waals surface area contributed by atoms with E-state index in [0.29, 0.717) is 12.1 Å². The van der Waals surface area contributed by atoms with Gasteiger partial charge in [0.25, 0.3) is 5.91 Å². The van der Waals surface area contributed by atoms with Crippen molar-refractivity contribution in [3.05, 3.63) is 90.0 Å². The molecule has 0 aliphatic carbocycles. The number of rotatable bonds is 4. The van der Waals surface area contributed by atoms with Crippen LogP contribution in [0.2, 0.25) is 0 Å². The second-order valence-corrected chi connectivity index (χ2v) is 6.34. The number of hydrogen-bond acceptors (Lipinski definition) is 4. The van der Waals surface area contributed by atoms with E-state index < -0.39 is 0 Å². The van der Waals surface area contributed by atoms with Gasteiger partial charge >= 0.3 is 0 Å². The summed E-state index contributed by atoms with van der Waals surface area (Å²) in [5.74, 6) is -0.114. The monoisotopic (exact) mass is 354 g/mol. The molecule has 5 heteroatoms. The van der Waals surface area contributed by atoms with Crippen molar-refractivity contribution in [1.82, 2.24) is 20.3 Å². The summed E-state index contributed by atoms with van der Waals surface area (Å²) in [5, 5.41) is 3.94. The zero-order valence-electron chi connectivity index (χ0n) is 14.9. The van der Waals surface area contributed by atoms with Crippen molar-refractivity contribution in [1.29, 1.82) is 0 Å². The quantitative estimate of drug-likeness (QED) is 0.603. The predicted molar refractivity (Wildman–Crippen MR) is 105 cm³/mol. The van der Waals surface area contributed by atoms with Gasteiger partial charge in [-0.3, -0.25) is 19.7 Å². The molecule has 0 aliphatic rings. The highest BCUT2D eigenvalue weighted by molar-refractivity contribution is 5.98. The standard InChI is InChI=1S/C22H18N4O/c1-15-8-10-24-21-7-5-17(11-19(15)21)22(27)26-13-16-4-6-20(25-12-16)18-3-2-9-23-14-18/h2-12,14H,13H2,1H3,(H,26,27). The number of hydrogen-bond donors (Lipinski definition) is 1. The van der Waals surface area contributed by atoms with E-state index in [2.05, 4.69) is 20.3 Å². The number of pyridine rings is 3. The number of fused-ring (bicyclic) bond motifs is 1.